The second kappa shape index (κ2) is 10.4. The first-order chi connectivity index (χ1) is 12.6. The Kier molecular flexibility index (Phi) is 7.89. The second-order valence-electron chi connectivity index (χ2n) is 5.44. The number of halogens is 1. The van der Waals surface area contributed by atoms with Crippen LogP contribution in [0.3, 0.4) is 0 Å². The Morgan fingerprint density at radius 3 is 2.46 bits per heavy atom. The van der Waals surface area contributed by atoms with E-state index in [1.165, 1.54) is 18.2 Å². The molecule has 136 valence electrons. The van der Waals surface area contributed by atoms with Gasteiger partial charge in [-0.05, 0) is 54.1 Å². The van der Waals surface area contributed by atoms with Crippen LogP contribution in [-0.4, -0.2) is 31.3 Å². The average molecular weight is 373 g/mol. The number of hydrogen-bond acceptors (Lipinski definition) is 4. The highest BCUT2D eigenvalue weighted by Gasteiger charge is 2.05. The van der Waals surface area contributed by atoms with Crippen molar-refractivity contribution in [3.8, 4) is 0 Å². The molecule has 0 atom stereocenters. The zero-order chi connectivity index (χ0) is 18.8. The normalized spacial score (nSPS) is 10.7. The van der Waals surface area contributed by atoms with E-state index in [1.54, 1.807) is 30.0 Å². The number of benzene rings is 2. The van der Waals surface area contributed by atoms with Gasteiger partial charge in [0, 0.05) is 17.5 Å². The molecule has 0 aliphatic heterocycles. The molecule has 2 aromatic carbocycles. The zero-order valence-electron chi connectivity index (χ0n) is 14.4. The van der Waals surface area contributed by atoms with Gasteiger partial charge in [0.25, 0.3) is 5.91 Å². The van der Waals surface area contributed by atoms with Crippen molar-refractivity contribution < 1.29 is 18.7 Å². The van der Waals surface area contributed by atoms with E-state index in [9.17, 15) is 14.0 Å². The minimum atomic E-state index is -0.576. The number of esters is 1. The van der Waals surface area contributed by atoms with Gasteiger partial charge in [-0.2, -0.15) is 0 Å². The molecule has 0 saturated heterocycles. The molecule has 0 unspecified atom stereocenters. The van der Waals surface area contributed by atoms with Gasteiger partial charge in [0.1, 0.15) is 5.82 Å². The molecule has 0 fully saturated rings. The summed E-state index contributed by atoms with van der Waals surface area (Å²) in [5, 5.41) is 2.65. The first kappa shape index (κ1) is 19.7. The number of hydrogen-bond donors (Lipinski definition) is 1. The van der Waals surface area contributed by atoms with E-state index in [2.05, 4.69) is 5.32 Å². The summed E-state index contributed by atoms with van der Waals surface area (Å²) in [6, 6.07) is 13.8. The fraction of sp³-hybridized carbons (Fsp3) is 0.200. The van der Waals surface area contributed by atoms with Crippen molar-refractivity contribution in [2.75, 3.05) is 19.4 Å². The highest BCUT2D eigenvalue weighted by atomic mass is 32.2. The van der Waals surface area contributed by atoms with Gasteiger partial charge in [-0.3, -0.25) is 4.79 Å². The lowest BCUT2D eigenvalue weighted by Crippen LogP contribution is -2.30. The van der Waals surface area contributed by atoms with E-state index in [0.717, 1.165) is 16.0 Å². The summed E-state index contributed by atoms with van der Waals surface area (Å²) in [4.78, 5) is 24.4. The highest BCUT2D eigenvalue weighted by molar-refractivity contribution is 7.98. The van der Waals surface area contributed by atoms with E-state index in [1.807, 2.05) is 30.5 Å². The molecule has 0 aromatic heterocycles. The molecule has 1 N–H and O–H groups in total. The Bertz CT molecular complexity index is 758. The van der Waals surface area contributed by atoms with Crippen LogP contribution >= 0.6 is 11.8 Å². The maximum absolute atomic E-state index is 12.8. The van der Waals surface area contributed by atoms with Gasteiger partial charge < -0.3 is 10.1 Å². The van der Waals surface area contributed by atoms with Crippen molar-refractivity contribution in [1.82, 2.24) is 5.32 Å². The number of carbonyl (C=O) groups is 2. The minimum Gasteiger partial charge on any atom is -0.452 e. The third-order valence-electron chi connectivity index (χ3n) is 3.52. The average Bonchev–Trinajstić information content (AvgIpc) is 2.66. The lowest BCUT2D eigenvalue weighted by Gasteiger charge is -2.05. The highest BCUT2D eigenvalue weighted by Crippen LogP contribution is 2.15. The van der Waals surface area contributed by atoms with Crippen molar-refractivity contribution in [3.63, 3.8) is 0 Å². The number of thioether (sulfide) groups is 1. The van der Waals surface area contributed by atoms with Crippen LogP contribution in [0.4, 0.5) is 4.39 Å². The first-order valence-electron chi connectivity index (χ1n) is 8.07. The van der Waals surface area contributed by atoms with Crippen LogP contribution in [0.15, 0.2) is 59.5 Å². The number of nitrogens with one attached hydrogen (secondary N) is 1. The van der Waals surface area contributed by atoms with Gasteiger partial charge in [0.05, 0.1) is 0 Å². The maximum atomic E-state index is 12.8. The third-order valence-corrected chi connectivity index (χ3v) is 4.27. The van der Waals surface area contributed by atoms with Crippen molar-refractivity contribution in [1.29, 1.82) is 0 Å². The van der Waals surface area contributed by atoms with Gasteiger partial charge in [0.2, 0.25) is 0 Å². The Labute approximate surface area is 156 Å². The third kappa shape index (κ3) is 7.11. The topological polar surface area (TPSA) is 55.4 Å². The first-order valence-corrected chi connectivity index (χ1v) is 9.29. The number of rotatable bonds is 8. The molecular weight excluding hydrogens is 353 g/mol. The van der Waals surface area contributed by atoms with E-state index >= 15 is 0 Å². The van der Waals surface area contributed by atoms with Crippen molar-refractivity contribution >= 4 is 29.7 Å². The number of carbonyl (C=O) groups excluding carboxylic acids is 2. The lowest BCUT2D eigenvalue weighted by atomic mass is 10.1. The molecule has 0 aliphatic rings. The van der Waals surface area contributed by atoms with Crippen LogP contribution in [0, 0.1) is 5.82 Å². The summed E-state index contributed by atoms with van der Waals surface area (Å²) >= 11 is 1.64. The SMILES string of the molecule is CSc1ccc(/C=C/C(=O)OCC(=O)NCCc2ccc(F)cc2)cc1. The van der Waals surface area contributed by atoms with Crippen LogP contribution in [0.2, 0.25) is 0 Å². The largest absolute Gasteiger partial charge is 0.452 e. The van der Waals surface area contributed by atoms with Crippen LogP contribution in [0.25, 0.3) is 6.08 Å². The van der Waals surface area contributed by atoms with Crippen molar-refractivity contribution in [2.45, 2.75) is 11.3 Å². The van der Waals surface area contributed by atoms with Gasteiger partial charge in [-0.25, -0.2) is 9.18 Å². The van der Waals surface area contributed by atoms with E-state index in [4.69, 9.17) is 4.74 Å². The van der Waals surface area contributed by atoms with Gasteiger partial charge in [0.15, 0.2) is 6.61 Å². The summed E-state index contributed by atoms with van der Waals surface area (Å²) in [6.45, 7) is 0.0532. The van der Waals surface area contributed by atoms with Gasteiger partial charge in [-0.1, -0.05) is 24.3 Å². The molecule has 1 amide bonds. The fourth-order valence-electron chi connectivity index (χ4n) is 2.11. The van der Waals surface area contributed by atoms with Gasteiger partial charge >= 0.3 is 5.97 Å². The Balaban J connectivity index is 1.66. The molecular formula is C20H20FNO3S. The maximum Gasteiger partial charge on any atom is 0.331 e. The Hall–Kier alpha value is -2.60. The van der Waals surface area contributed by atoms with E-state index in [0.29, 0.717) is 13.0 Å². The van der Waals surface area contributed by atoms with Crippen LogP contribution in [0.5, 0.6) is 0 Å². The monoisotopic (exact) mass is 373 g/mol. The molecule has 6 heteroatoms. The molecule has 2 aromatic rings. The van der Waals surface area contributed by atoms with Gasteiger partial charge in [-0.15, -0.1) is 11.8 Å². The van der Waals surface area contributed by atoms with Crippen LogP contribution in [0.1, 0.15) is 11.1 Å². The number of amides is 1. The fourth-order valence-corrected chi connectivity index (χ4v) is 2.52. The molecule has 0 saturated carbocycles. The molecule has 0 heterocycles. The lowest BCUT2D eigenvalue weighted by molar-refractivity contribution is -0.143. The molecule has 0 radical (unpaired) electrons. The summed E-state index contributed by atoms with van der Waals surface area (Å²) in [5.74, 6) is -1.25. The smallest absolute Gasteiger partial charge is 0.331 e. The molecule has 0 spiro atoms. The minimum absolute atomic E-state index is 0.294. The molecule has 4 nitrogen and oxygen atoms in total. The summed E-state index contributed by atoms with van der Waals surface area (Å²) in [7, 11) is 0. The molecule has 26 heavy (non-hydrogen) atoms. The van der Waals surface area contributed by atoms with Crippen LogP contribution < -0.4 is 5.32 Å². The van der Waals surface area contributed by atoms with E-state index < -0.39 is 5.97 Å². The summed E-state index contributed by atoms with van der Waals surface area (Å²) < 4.78 is 17.7. The van der Waals surface area contributed by atoms with Crippen molar-refractivity contribution in [2.24, 2.45) is 0 Å². The number of ether oxygens (including phenoxy) is 1. The van der Waals surface area contributed by atoms with E-state index in [-0.39, 0.29) is 18.3 Å². The molecule has 0 aliphatic carbocycles. The molecule has 0 bridgehead atoms. The predicted molar refractivity (Wildman–Crippen MR) is 101 cm³/mol. The predicted octanol–water partition coefficient (Wildman–Crippen LogP) is 3.46. The second-order valence-corrected chi connectivity index (χ2v) is 6.32. The van der Waals surface area contributed by atoms with Crippen LogP contribution in [-0.2, 0) is 20.7 Å². The zero-order valence-corrected chi connectivity index (χ0v) is 15.2. The Morgan fingerprint density at radius 1 is 1.12 bits per heavy atom. The summed E-state index contributed by atoms with van der Waals surface area (Å²) in [5.41, 5.74) is 1.79. The quantitative estimate of drug-likeness (QED) is 0.437. The summed E-state index contributed by atoms with van der Waals surface area (Å²) in [6.07, 6.45) is 5.50. The van der Waals surface area contributed by atoms with Crippen molar-refractivity contribution in [3.05, 3.63) is 71.6 Å². The standard InChI is InChI=1S/C20H20FNO3S/c1-26-18-9-4-15(5-10-18)6-11-20(24)25-14-19(23)22-13-12-16-2-7-17(21)8-3-16/h2-11H,12-14H2,1H3,(H,22,23)/b11-6+. The molecule has 2 rings (SSSR count). The Morgan fingerprint density at radius 2 is 1.81 bits per heavy atom.